The van der Waals surface area contributed by atoms with Gasteiger partial charge in [0.05, 0.1) is 24.4 Å². The SMILES string of the molecule is CCCS(=O)(=O)N1CC[C@H]2C(=O)NCCO[C@H]2C1. The first kappa shape index (κ1) is 13.8. The van der Waals surface area contributed by atoms with Crippen molar-refractivity contribution in [1.82, 2.24) is 9.62 Å². The zero-order valence-corrected chi connectivity index (χ0v) is 11.4. The molecule has 1 N–H and O–H groups in total. The van der Waals surface area contributed by atoms with Crippen molar-refractivity contribution in [2.75, 3.05) is 32.0 Å². The molecule has 0 aromatic heterocycles. The molecule has 6 nitrogen and oxygen atoms in total. The highest BCUT2D eigenvalue weighted by atomic mass is 32.2. The summed E-state index contributed by atoms with van der Waals surface area (Å²) in [6, 6.07) is 0. The van der Waals surface area contributed by atoms with Gasteiger partial charge in [-0.05, 0) is 12.8 Å². The average Bonchev–Trinajstić information content (AvgIpc) is 2.51. The molecule has 0 saturated carbocycles. The molecule has 2 rings (SSSR count). The van der Waals surface area contributed by atoms with Gasteiger partial charge >= 0.3 is 0 Å². The third-order valence-corrected chi connectivity index (χ3v) is 5.49. The number of nitrogens with one attached hydrogen (secondary N) is 1. The molecule has 0 aromatic carbocycles. The minimum absolute atomic E-state index is 0.00922. The minimum atomic E-state index is -3.19. The topological polar surface area (TPSA) is 75.7 Å². The largest absolute Gasteiger partial charge is 0.374 e. The summed E-state index contributed by atoms with van der Waals surface area (Å²) in [6.45, 7) is 3.53. The molecule has 2 fully saturated rings. The maximum absolute atomic E-state index is 12.0. The molecule has 0 radical (unpaired) electrons. The van der Waals surface area contributed by atoms with E-state index in [2.05, 4.69) is 5.32 Å². The van der Waals surface area contributed by atoms with E-state index in [-0.39, 0.29) is 23.7 Å². The van der Waals surface area contributed by atoms with Crippen molar-refractivity contribution in [2.24, 2.45) is 5.92 Å². The second-order valence-electron chi connectivity index (χ2n) is 4.77. The highest BCUT2D eigenvalue weighted by molar-refractivity contribution is 7.89. The Labute approximate surface area is 108 Å². The van der Waals surface area contributed by atoms with Crippen molar-refractivity contribution in [3.8, 4) is 0 Å². The second-order valence-corrected chi connectivity index (χ2v) is 6.86. The summed E-state index contributed by atoms with van der Waals surface area (Å²) < 4.78 is 31.1. The van der Waals surface area contributed by atoms with E-state index in [4.69, 9.17) is 4.74 Å². The number of amides is 1. The standard InChI is InChI=1S/C11H20N2O4S/c1-2-7-18(15,16)13-5-3-9-10(8-13)17-6-4-12-11(9)14/h9-10H,2-8H2,1H3,(H,12,14)/t9-,10+/m1/s1. The van der Waals surface area contributed by atoms with E-state index in [0.29, 0.717) is 39.1 Å². The molecular formula is C11H20N2O4S. The molecular weight excluding hydrogens is 256 g/mol. The number of carbonyl (C=O) groups is 1. The van der Waals surface area contributed by atoms with Crippen LogP contribution < -0.4 is 5.32 Å². The summed E-state index contributed by atoms with van der Waals surface area (Å²) in [4.78, 5) is 11.8. The lowest BCUT2D eigenvalue weighted by molar-refractivity contribution is -0.129. The summed E-state index contributed by atoms with van der Waals surface area (Å²) in [6.07, 6.45) is 0.848. The van der Waals surface area contributed by atoms with Gasteiger partial charge in [-0.2, -0.15) is 4.31 Å². The number of rotatable bonds is 3. The number of nitrogens with zero attached hydrogens (tertiary/aromatic N) is 1. The number of hydrogen-bond donors (Lipinski definition) is 1. The molecule has 2 saturated heterocycles. The number of fused-ring (bicyclic) bond motifs is 1. The van der Waals surface area contributed by atoms with Crippen LogP contribution >= 0.6 is 0 Å². The van der Waals surface area contributed by atoms with Crippen molar-refractivity contribution in [3.05, 3.63) is 0 Å². The maximum Gasteiger partial charge on any atom is 0.225 e. The van der Waals surface area contributed by atoms with Crippen LogP contribution in [0.25, 0.3) is 0 Å². The van der Waals surface area contributed by atoms with Gasteiger partial charge in [0.25, 0.3) is 0 Å². The third-order valence-electron chi connectivity index (χ3n) is 3.45. The molecule has 104 valence electrons. The minimum Gasteiger partial charge on any atom is -0.374 e. The van der Waals surface area contributed by atoms with Crippen LogP contribution in [0.3, 0.4) is 0 Å². The normalized spacial score (nSPS) is 30.4. The highest BCUT2D eigenvalue weighted by Crippen LogP contribution is 2.24. The Balaban J connectivity index is 2.07. The van der Waals surface area contributed by atoms with Gasteiger partial charge in [-0.25, -0.2) is 8.42 Å². The molecule has 0 bridgehead atoms. The number of carbonyl (C=O) groups excluding carboxylic acids is 1. The smallest absolute Gasteiger partial charge is 0.225 e. The van der Waals surface area contributed by atoms with Crippen molar-refractivity contribution >= 4 is 15.9 Å². The lowest BCUT2D eigenvalue weighted by atomic mass is 9.94. The highest BCUT2D eigenvalue weighted by Gasteiger charge is 2.39. The van der Waals surface area contributed by atoms with Crippen LogP contribution in [-0.4, -0.2) is 56.7 Å². The zero-order chi connectivity index (χ0) is 13.2. The van der Waals surface area contributed by atoms with E-state index < -0.39 is 10.0 Å². The van der Waals surface area contributed by atoms with Crippen LogP contribution in [0, 0.1) is 5.92 Å². The van der Waals surface area contributed by atoms with Crippen LogP contribution in [0.15, 0.2) is 0 Å². The van der Waals surface area contributed by atoms with Crippen LogP contribution in [0.4, 0.5) is 0 Å². The van der Waals surface area contributed by atoms with Crippen LogP contribution in [0.5, 0.6) is 0 Å². The quantitative estimate of drug-likeness (QED) is 0.758. The van der Waals surface area contributed by atoms with Crippen LogP contribution in [-0.2, 0) is 19.6 Å². The van der Waals surface area contributed by atoms with E-state index in [1.807, 2.05) is 6.92 Å². The molecule has 2 heterocycles. The van der Waals surface area contributed by atoms with Gasteiger partial charge < -0.3 is 10.1 Å². The van der Waals surface area contributed by atoms with E-state index in [1.165, 1.54) is 4.31 Å². The molecule has 18 heavy (non-hydrogen) atoms. The Hall–Kier alpha value is -0.660. The Morgan fingerprint density at radius 1 is 1.50 bits per heavy atom. The van der Waals surface area contributed by atoms with Gasteiger partial charge in [-0.3, -0.25) is 4.79 Å². The molecule has 2 atom stereocenters. The van der Waals surface area contributed by atoms with E-state index in [0.717, 1.165) is 0 Å². The van der Waals surface area contributed by atoms with Gasteiger partial charge in [0.1, 0.15) is 0 Å². The van der Waals surface area contributed by atoms with Gasteiger partial charge in [0.2, 0.25) is 15.9 Å². The Morgan fingerprint density at radius 3 is 3.00 bits per heavy atom. The Morgan fingerprint density at radius 2 is 2.28 bits per heavy atom. The fourth-order valence-corrected chi connectivity index (χ4v) is 4.04. The van der Waals surface area contributed by atoms with Crippen molar-refractivity contribution < 1.29 is 17.9 Å². The van der Waals surface area contributed by atoms with Gasteiger partial charge in [-0.15, -0.1) is 0 Å². The number of sulfonamides is 1. The van der Waals surface area contributed by atoms with E-state index >= 15 is 0 Å². The van der Waals surface area contributed by atoms with Crippen molar-refractivity contribution in [2.45, 2.75) is 25.9 Å². The van der Waals surface area contributed by atoms with Crippen LogP contribution in [0.2, 0.25) is 0 Å². The Kier molecular flexibility index (Phi) is 4.24. The summed E-state index contributed by atoms with van der Waals surface area (Å²) in [5.41, 5.74) is 0. The van der Waals surface area contributed by atoms with Crippen molar-refractivity contribution in [3.63, 3.8) is 0 Å². The first-order chi connectivity index (χ1) is 8.54. The van der Waals surface area contributed by atoms with E-state index in [1.54, 1.807) is 0 Å². The molecule has 0 unspecified atom stereocenters. The first-order valence-corrected chi connectivity index (χ1v) is 8.02. The predicted molar refractivity (Wildman–Crippen MR) is 66.5 cm³/mol. The number of ether oxygens (including phenoxy) is 1. The zero-order valence-electron chi connectivity index (χ0n) is 10.6. The third kappa shape index (κ3) is 2.84. The lowest BCUT2D eigenvalue weighted by Crippen LogP contribution is -2.50. The molecule has 2 aliphatic rings. The van der Waals surface area contributed by atoms with Crippen LogP contribution in [0.1, 0.15) is 19.8 Å². The molecule has 1 amide bonds. The average molecular weight is 276 g/mol. The molecule has 7 heteroatoms. The van der Waals surface area contributed by atoms with Gasteiger partial charge in [0.15, 0.2) is 0 Å². The monoisotopic (exact) mass is 276 g/mol. The number of hydrogen-bond acceptors (Lipinski definition) is 4. The molecule has 0 aliphatic carbocycles. The second kappa shape index (κ2) is 5.54. The molecule has 2 aliphatic heterocycles. The molecule has 0 aromatic rings. The van der Waals surface area contributed by atoms with Gasteiger partial charge in [0, 0.05) is 19.6 Å². The summed E-state index contributed by atoms with van der Waals surface area (Å²) in [5.74, 6) is -0.0537. The number of piperidine rings is 1. The summed E-state index contributed by atoms with van der Waals surface area (Å²) >= 11 is 0. The first-order valence-electron chi connectivity index (χ1n) is 6.41. The summed E-state index contributed by atoms with van der Waals surface area (Å²) in [7, 11) is -3.19. The maximum atomic E-state index is 12.0. The summed E-state index contributed by atoms with van der Waals surface area (Å²) in [5, 5.41) is 2.79. The Bertz CT molecular complexity index is 409. The lowest BCUT2D eigenvalue weighted by Gasteiger charge is -2.35. The van der Waals surface area contributed by atoms with Crippen molar-refractivity contribution in [1.29, 1.82) is 0 Å². The van der Waals surface area contributed by atoms with Gasteiger partial charge in [-0.1, -0.05) is 6.92 Å². The predicted octanol–water partition coefficient (Wildman–Crippen LogP) is -0.437. The fourth-order valence-electron chi connectivity index (χ4n) is 2.51. The fraction of sp³-hybridized carbons (Fsp3) is 0.909. The molecule has 0 spiro atoms. The van der Waals surface area contributed by atoms with E-state index in [9.17, 15) is 13.2 Å².